The summed E-state index contributed by atoms with van der Waals surface area (Å²) >= 11 is 0. The largest absolute Gasteiger partial charge is 0.316 e. The minimum atomic E-state index is 0.177. The summed E-state index contributed by atoms with van der Waals surface area (Å²) < 4.78 is 0. The molecule has 1 amide bonds. The highest BCUT2D eigenvalue weighted by Crippen LogP contribution is 2.35. The molecule has 0 fully saturated rings. The summed E-state index contributed by atoms with van der Waals surface area (Å²) in [6.45, 7) is 6.88. The lowest BCUT2D eigenvalue weighted by atomic mass is 9.89. The second-order valence-corrected chi connectivity index (χ2v) is 5.67. The zero-order valence-electron chi connectivity index (χ0n) is 11.9. The summed E-state index contributed by atoms with van der Waals surface area (Å²) in [6, 6.07) is 2.36. The number of aryl methyl sites for hydroxylation is 1. The number of carbonyl (C=O) groups is 1. The Morgan fingerprint density at radius 3 is 2.79 bits per heavy atom. The fourth-order valence-corrected chi connectivity index (χ4v) is 3.54. The third-order valence-corrected chi connectivity index (χ3v) is 4.45. The number of benzene rings is 1. The number of anilines is 1. The van der Waals surface area contributed by atoms with E-state index in [-0.39, 0.29) is 5.91 Å². The molecule has 0 radical (unpaired) electrons. The smallest absolute Gasteiger partial charge is 0.223 e. The van der Waals surface area contributed by atoms with Gasteiger partial charge in [0.05, 0.1) is 0 Å². The number of carbonyl (C=O) groups excluding carboxylic acids is 1. The highest BCUT2D eigenvalue weighted by molar-refractivity contribution is 5.94. The molecular formula is C16H22N2O. The second kappa shape index (κ2) is 4.97. The second-order valence-electron chi connectivity index (χ2n) is 5.67. The van der Waals surface area contributed by atoms with Gasteiger partial charge in [-0.05, 0) is 68.0 Å². The topological polar surface area (TPSA) is 32.3 Å². The average molecular weight is 258 g/mol. The number of nitrogens with one attached hydrogen (secondary N) is 1. The predicted octanol–water partition coefficient (Wildman–Crippen LogP) is 1.98. The molecule has 1 aromatic carbocycles. The maximum atomic E-state index is 11.9. The monoisotopic (exact) mass is 258 g/mol. The molecule has 0 saturated carbocycles. The molecule has 3 nitrogen and oxygen atoms in total. The van der Waals surface area contributed by atoms with Gasteiger partial charge in [0, 0.05) is 19.2 Å². The van der Waals surface area contributed by atoms with Crippen LogP contribution in [0, 0.1) is 6.92 Å². The van der Waals surface area contributed by atoms with Crippen molar-refractivity contribution in [3.63, 3.8) is 0 Å². The van der Waals surface area contributed by atoms with Gasteiger partial charge < -0.3 is 10.2 Å². The van der Waals surface area contributed by atoms with E-state index in [0.717, 1.165) is 45.3 Å². The van der Waals surface area contributed by atoms with Gasteiger partial charge >= 0.3 is 0 Å². The van der Waals surface area contributed by atoms with Gasteiger partial charge in [-0.2, -0.15) is 0 Å². The standard InChI is InChI=1S/C16H22N2O/c1-11-15-6-8-17-7-5-13(15)10-14-4-3-9-18(12(2)19)16(11)14/h10,17H,3-9H2,1-2H3. The highest BCUT2D eigenvalue weighted by atomic mass is 16.2. The molecule has 0 unspecified atom stereocenters. The molecule has 1 N–H and O–H groups in total. The Hall–Kier alpha value is -1.35. The van der Waals surface area contributed by atoms with E-state index in [1.165, 1.54) is 27.9 Å². The molecule has 2 heterocycles. The predicted molar refractivity (Wildman–Crippen MR) is 77.8 cm³/mol. The molecule has 0 atom stereocenters. The van der Waals surface area contributed by atoms with E-state index in [2.05, 4.69) is 18.3 Å². The molecule has 2 aliphatic heterocycles. The molecule has 102 valence electrons. The molecule has 3 rings (SSSR count). The van der Waals surface area contributed by atoms with E-state index in [1.54, 1.807) is 6.92 Å². The van der Waals surface area contributed by atoms with Crippen LogP contribution in [0.2, 0.25) is 0 Å². The summed E-state index contributed by atoms with van der Waals surface area (Å²) in [5, 5.41) is 3.47. The maximum Gasteiger partial charge on any atom is 0.223 e. The van der Waals surface area contributed by atoms with Gasteiger partial charge in [-0.15, -0.1) is 0 Å². The normalized spacial score (nSPS) is 18.5. The van der Waals surface area contributed by atoms with Crippen molar-refractivity contribution in [2.24, 2.45) is 0 Å². The minimum absolute atomic E-state index is 0.177. The molecular weight excluding hydrogens is 236 g/mol. The molecule has 0 aromatic heterocycles. The van der Waals surface area contributed by atoms with E-state index in [9.17, 15) is 4.79 Å². The van der Waals surface area contributed by atoms with E-state index >= 15 is 0 Å². The number of rotatable bonds is 0. The Bertz CT molecular complexity index is 522. The maximum absolute atomic E-state index is 11.9. The van der Waals surface area contributed by atoms with Crippen LogP contribution in [0.5, 0.6) is 0 Å². The van der Waals surface area contributed by atoms with Gasteiger partial charge in [0.15, 0.2) is 0 Å². The van der Waals surface area contributed by atoms with Crippen LogP contribution in [0.1, 0.15) is 35.6 Å². The lowest BCUT2D eigenvalue weighted by Crippen LogP contribution is -2.34. The van der Waals surface area contributed by atoms with Crippen molar-refractivity contribution in [2.45, 2.75) is 39.5 Å². The first-order valence-electron chi connectivity index (χ1n) is 7.31. The van der Waals surface area contributed by atoms with Gasteiger partial charge in [-0.25, -0.2) is 0 Å². The van der Waals surface area contributed by atoms with Gasteiger partial charge in [0.25, 0.3) is 0 Å². The number of nitrogens with zero attached hydrogens (tertiary/aromatic N) is 1. The Morgan fingerprint density at radius 2 is 2.00 bits per heavy atom. The van der Waals surface area contributed by atoms with Crippen molar-refractivity contribution < 1.29 is 4.79 Å². The Labute approximate surface area is 115 Å². The Kier molecular flexibility index (Phi) is 3.31. The number of fused-ring (bicyclic) bond motifs is 2. The van der Waals surface area contributed by atoms with Gasteiger partial charge in [-0.3, -0.25) is 4.79 Å². The van der Waals surface area contributed by atoms with Crippen molar-refractivity contribution in [3.8, 4) is 0 Å². The minimum Gasteiger partial charge on any atom is -0.316 e. The first-order chi connectivity index (χ1) is 9.18. The molecule has 0 aliphatic carbocycles. The quantitative estimate of drug-likeness (QED) is 0.772. The van der Waals surface area contributed by atoms with Crippen molar-refractivity contribution in [2.75, 3.05) is 24.5 Å². The zero-order valence-corrected chi connectivity index (χ0v) is 11.9. The van der Waals surface area contributed by atoms with Crippen LogP contribution in [0.15, 0.2) is 6.07 Å². The summed E-state index contributed by atoms with van der Waals surface area (Å²) in [5.41, 5.74) is 6.88. The SMILES string of the molecule is CC(=O)N1CCCc2cc3c(c(C)c21)CCNCC3. The van der Waals surface area contributed by atoms with E-state index in [0.29, 0.717) is 0 Å². The summed E-state index contributed by atoms with van der Waals surface area (Å²) in [7, 11) is 0. The van der Waals surface area contributed by atoms with E-state index in [4.69, 9.17) is 0 Å². The fourth-order valence-electron chi connectivity index (χ4n) is 3.54. The van der Waals surface area contributed by atoms with Crippen LogP contribution < -0.4 is 10.2 Å². The molecule has 2 aliphatic rings. The highest BCUT2D eigenvalue weighted by Gasteiger charge is 2.25. The molecule has 3 heteroatoms. The molecule has 0 saturated heterocycles. The van der Waals surface area contributed by atoms with Gasteiger partial charge in [0.1, 0.15) is 0 Å². The fraction of sp³-hybridized carbons (Fsp3) is 0.562. The number of hydrogen-bond donors (Lipinski definition) is 1. The average Bonchev–Trinajstić information content (AvgIpc) is 2.63. The molecule has 0 bridgehead atoms. The Morgan fingerprint density at radius 1 is 1.21 bits per heavy atom. The van der Waals surface area contributed by atoms with Gasteiger partial charge in [-0.1, -0.05) is 6.07 Å². The first-order valence-corrected chi connectivity index (χ1v) is 7.31. The zero-order chi connectivity index (χ0) is 13.4. The molecule has 0 spiro atoms. The van der Waals surface area contributed by atoms with Crippen LogP contribution in [-0.4, -0.2) is 25.5 Å². The molecule has 19 heavy (non-hydrogen) atoms. The lowest BCUT2D eigenvalue weighted by molar-refractivity contribution is -0.116. The van der Waals surface area contributed by atoms with Gasteiger partial charge in [0.2, 0.25) is 5.91 Å². The summed E-state index contributed by atoms with van der Waals surface area (Å²) in [6.07, 6.45) is 4.40. The third-order valence-electron chi connectivity index (χ3n) is 4.45. The van der Waals surface area contributed by atoms with Crippen LogP contribution in [0.3, 0.4) is 0 Å². The van der Waals surface area contributed by atoms with Crippen LogP contribution in [0.4, 0.5) is 5.69 Å². The molecule has 1 aromatic rings. The van der Waals surface area contributed by atoms with Crippen LogP contribution in [0.25, 0.3) is 0 Å². The third kappa shape index (κ3) is 2.16. The summed E-state index contributed by atoms with van der Waals surface area (Å²) in [4.78, 5) is 13.8. The van der Waals surface area contributed by atoms with Crippen LogP contribution >= 0.6 is 0 Å². The van der Waals surface area contributed by atoms with Crippen molar-refractivity contribution in [1.29, 1.82) is 0 Å². The lowest BCUT2D eigenvalue weighted by Gasteiger charge is -2.32. The van der Waals surface area contributed by atoms with E-state index in [1.807, 2.05) is 4.90 Å². The van der Waals surface area contributed by atoms with Crippen molar-refractivity contribution in [3.05, 3.63) is 28.3 Å². The van der Waals surface area contributed by atoms with E-state index < -0.39 is 0 Å². The van der Waals surface area contributed by atoms with Crippen molar-refractivity contribution in [1.82, 2.24) is 5.32 Å². The Balaban J connectivity index is 2.15. The number of amides is 1. The van der Waals surface area contributed by atoms with Crippen LogP contribution in [-0.2, 0) is 24.1 Å². The summed E-state index contributed by atoms with van der Waals surface area (Å²) in [5.74, 6) is 0.177. The number of hydrogen-bond acceptors (Lipinski definition) is 2. The van der Waals surface area contributed by atoms with Crippen molar-refractivity contribution >= 4 is 11.6 Å². The first kappa shape index (κ1) is 12.7.